The van der Waals surface area contributed by atoms with Gasteiger partial charge < -0.3 is 36.6 Å². The van der Waals surface area contributed by atoms with Gasteiger partial charge in [0.25, 0.3) is 5.91 Å². The van der Waals surface area contributed by atoms with Gasteiger partial charge in [-0.2, -0.15) is 11.8 Å². The minimum atomic E-state index is -1.35. The van der Waals surface area contributed by atoms with E-state index in [1.165, 1.54) is 11.8 Å². The lowest BCUT2D eigenvalue weighted by Gasteiger charge is -2.29. The highest BCUT2D eigenvalue weighted by Crippen LogP contribution is 2.38. The molecule has 0 spiro atoms. The number of hydrogen-bond acceptors (Lipinski definition) is 9. The number of anilines is 1. The molecule has 66 heavy (non-hydrogen) atoms. The summed E-state index contributed by atoms with van der Waals surface area (Å²) in [6.45, 7) is 5.00. The molecular weight excluding hydrogens is 859 g/mol. The molecule has 0 radical (unpaired) electrons. The zero-order chi connectivity index (χ0) is 46.7. The molecule has 3 aliphatic heterocycles. The van der Waals surface area contributed by atoms with E-state index in [2.05, 4.69) is 31.9 Å². The minimum absolute atomic E-state index is 0.0293. The van der Waals surface area contributed by atoms with Crippen LogP contribution >= 0.6 is 11.8 Å². The smallest absolute Gasteiger partial charge is 0.315 e. The van der Waals surface area contributed by atoms with Crippen LogP contribution in [0.2, 0.25) is 0 Å². The quantitative estimate of drug-likeness (QED) is 0.0428. The number of amides is 7. The van der Waals surface area contributed by atoms with E-state index in [4.69, 9.17) is 4.74 Å². The highest BCUT2D eigenvalue weighted by molar-refractivity contribution is 8.00. The predicted molar refractivity (Wildman–Crippen MR) is 252 cm³/mol. The fraction of sp³-hybridized carbons (Fsp3) is 0.380. The summed E-state index contributed by atoms with van der Waals surface area (Å²) in [5, 5.41) is 17.6. The second-order valence-electron chi connectivity index (χ2n) is 16.9. The lowest BCUT2D eigenvalue weighted by molar-refractivity contribution is -0.132. The van der Waals surface area contributed by atoms with E-state index >= 15 is 0 Å². The van der Waals surface area contributed by atoms with Gasteiger partial charge in [-0.05, 0) is 61.9 Å². The molecule has 0 bridgehead atoms. The monoisotopic (exact) mass is 915 g/mol. The zero-order valence-corrected chi connectivity index (χ0v) is 38.1. The normalized spacial score (nSPS) is 21.0. The van der Waals surface area contributed by atoms with Gasteiger partial charge in [0.05, 0.1) is 24.2 Å². The number of hydrogen-bond donors (Lipinski definition) is 6. The third-order valence-electron chi connectivity index (χ3n) is 12.1. The average Bonchev–Trinajstić information content (AvgIpc) is 3.85. The number of ether oxygens (including phenoxy) is 1. The number of unbranched alkanes of at least 4 members (excludes halogenated alkanes) is 1. The summed E-state index contributed by atoms with van der Waals surface area (Å²) in [7, 11) is 0. The first-order chi connectivity index (χ1) is 31.9. The van der Waals surface area contributed by atoms with Crippen molar-refractivity contribution in [3.8, 4) is 5.75 Å². The number of nitrogens with one attached hydrogen (secondary N) is 6. The molecule has 0 aromatic heterocycles. The van der Waals surface area contributed by atoms with Gasteiger partial charge in [0.15, 0.2) is 11.9 Å². The maximum absolute atomic E-state index is 14.9. The Morgan fingerprint density at radius 3 is 2.26 bits per heavy atom. The van der Waals surface area contributed by atoms with Gasteiger partial charge in [-0.1, -0.05) is 111 Å². The minimum Gasteiger partial charge on any atom is -0.481 e. The summed E-state index contributed by atoms with van der Waals surface area (Å²) < 4.78 is 6.54. The molecule has 0 aliphatic carbocycles. The number of thioether (sulfide) groups is 1. The molecule has 6 N–H and O–H groups in total. The SMILES string of the molecule is CCCCC(NC(=O)CN1C(=O)[C@H](NC(=O)[C@H](C)NC(=O)Cc2cccc(C(=O)c3ccccc3)c2)[C@H](c2ccccc2)Oc2ccccc21)NC(=O)C(CC)C[C@@H]1SC[C@@H]2NC(=O)N[C@@H]21. The Balaban J connectivity index is 1.05. The van der Waals surface area contributed by atoms with Gasteiger partial charge in [0.1, 0.15) is 30.5 Å². The molecule has 4 aromatic carbocycles. The zero-order valence-electron chi connectivity index (χ0n) is 37.3. The lowest BCUT2D eigenvalue weighted by Crippen LogP contribution is -2.57. The molecule has 16 heteroatoms. The number of fused-ring (bicyclic) bond motifs is 2. The van der Waals surface area contributed by atoms with E-state index in [0.717, 1.165) is 12.2 Å². The molecule has 8 atom stereocenters. The fourth-order valence-corrected chi connectivity index (χ4v) is 10.2. The fourth-order valence-electron chi connectivity index (χ4n) is 8.60. The van der Waals surface area contributed by atoms with Crippen LogP contribution in [-0.2, 0) is 30.4 Å². The van der Waals surface area contributed by atoms with E-state index in [0.29, 0.717) is 59.4 Å². The molecule has 7 amide bonds. The first-order valence-corrected chi connectivity index (χ1v) is 23.7. The van der Waals surface area contributed by atoms with Gasteiger partial charge in [-0.15, -0.1) is 0 Å². The molecular formula is C50H57N7O8S. The predicted octanol–water partition coefficient (Wildman–Crippen LogP) is 4.95. The number of ketones is 1. The largest absolute Gasteiger partial charge is 0.481 e. The first-order valence-electron chi connectivity index (χ1n) is 22.6. The Morgan fingerprint density at radius 1 is 0.803 bits per heavy atom. The van der Waals surface area contributed by atoms with Gasteiger partial charge in [0, 0.05) is 28.0 Å². The topological polar surface area (TPSA) is 204 Å². The number of benzene rings is 4. The molecule has 346 valence electrons. The van der Waals surface area contributed by atoms with Crippen LogP contribution < -0.4 is 41.5 Å². The Labute approximate surface area is 389 Å². The van der Waals surface area contributed by atoms with Crippen molar-refractivity contribution >= 4 is 58.8 Å². The van der Waals surface area contributed by atoms with Crippen molar-refractivity contribution in [3.63, 3.8) is 0 Å². The average molecular weight is 916 g/mol. The Kier molecular flexibility index (Phi) is 15.8. The van der Waals surface area contributed by atoms with Crippen molar-refractivity contribution < 1.29 is 38.3 Å². The maximum Gasteiger partial charge on any atom is 0.315 e. The molecule has 7 rings (SSSR count). The van der Waals surface area contributed by atoms with Crippen LogP contribution in [0.4, 0.5) is 10.5 Å². The van der Waals surface area contributed by atoms with Crippen molar-refractivity contribution in [1.82, 2.24) is 31.9 Å². The number of carbonyl (C=O) groups is 7. The standard InChI is InChI=1S/C50H57N7O8S/c1-4-6-24-40(54-48(62)32(5-2)27-39-43-36(29-66-39)52-50(64)56-43)53-42(59)28-57-37-22-13-14-23-38(37)65-46(34-19-11-8-12-20-34)44(49(57)63)55-47(61)30(3)51-41(58)26-31-16-15-21-35(25-31)45(60)33-17-9-7-10-18-33/h7-23,25,30,32,36,39-40,43-44,46H,4-6,24,26-29H2,1-3H3,(H,51,58)(H,53,59)(H,54,62)(H,55,61)(H2,52,56,64)/t30-,32?,36-,39-,40?,43-,44+,46-/m0/s1. The van der Waals surface area contributed by atoms with Crippen LogP contribution in [0, 0.1) is 5.92 Å². The van der Waals surface area contributed by atoms with Gasteiger partial charge in [0.2, 0.25) is 23.6 Å². The van der Waals surface area contributed by atoms with E-state index in [1.54, 1.807) is 109 Å². The number of urea groups is 1. The van der Waals surface area contributed by atoms with E-state index < -0.39 is 54.5 Å². The van der Waals surface area contributed by atoms with Crippen molar-refractivity contribution in [2.45, 2.75) is 101 Å². The third-order valence-corrected chi connectivity index (χ3v) is 13.6. The van der Waals surface area contributed by atoms with Crippen molar-refractivity contribution in [2.75, 3.05) is 17.2 Å². The first kappa shape index (κ1) is 47.3. The lowest BCUT2D eigenvalue weighted by atomic mass is 9.94. The number of para-hydroxylation sites is 2. The number of nitrogens with zero attached hydrogens (tertiary/aromatic N) is 1. The molecule has 2 fully saturated rings. The second-order valence-corrected chi connectivity index (χ2v) is 18.2. The summed E-state index contributed by atoms with van der Waals surface area (Å²) in [5.74, 6) is -1.98. The molecule has 2 unspecified atom stereocenters. The van der Waals surface area contributed by atoms with Crippen LogP contribution in [-0.4, -0.2) is 89.2 Å². The number of carbonyl (C=O) groups excluding carboxylic acids is 7. The molecule has 0 saturated carbocycles. The summed E-state index contributed by atoms with van der Waals surface area (Å²) in [4.78, 5) is 96.5. The van der Waals surface area contributed by atoms with E-state index in [1.807, 2.05) is 26.0 Å². The molecule has 3 aliphatic rings. The van der Waals surface area contributed by atoms with E-state index in [-0.39, 0.29) is 47.4 Å². The molecule has 15 nitrogen and oxygen atoms in total. The highest BCUT2D eigenvalue weighted by Gasteiger charge is 2.45. The van der Waals surface area contributed by atoms with E-state index in [9.17, 15) is 33.6 Å². The van der Waals surface area contributed by atoms with Gasteiger partial charge >= 0.3 is 6.03 Å². The van der Waals surface area contributed by atoms with Gasteiger partial charge in [-0.25, -0.2) is 4.79 Å². The van der Waals surface area contributed by atoms with Crippen molar-refractivity contribution in [3.05, 3.63) is 131 Å². The molecule has 2 saturated heterocycles. The van der Waals surface area contributed by atoms with Crippen LogP contribution in [0.15, 0.2) is 109 Å². The second kappa shape index (κ2) is 22.0. The van der Waals surface area contributed by atoms with Crippen molar-refractivity contribution in [1.29, 1.82) is 0 Å². The summed E-state index contributed by atoms with van der Waals surface area (Å²) >= 11 is 1.73. The summed E-state index contributed by atoms with van der Waals surface area (Å²) in [6.07, 6.45) is 1.24. The Bertz CT molecular complexity index is 2400. The van der Waals surface area contributed by atoms with Crippen LogP contribution in [0.5, 0.6) is 5.75 Å². The Morgan fingerprint density at radius 2 is 1.52 bits per heavy atom. The maximum atomic E-state index is 14.9. The van der Waals surface area contributed by atoms with Crippen LogP contribution in [0.3, 0.4) is 0 Å². The molecule has 4 aromatic rings. The highest BCUT2D eigenvalue weighted by atomic mass is 32.2. The van der Waals surface area contributed by atoms with Crippen LogP contribution in [0.25, 0.3) is 0 Å². The Hall–Kier alpha value is -6.68. The third kappa shape index (κ3) is 11.6. The summed E-state index contributed by atoms with van der Waals surface area (Å²) in [6, 6.07) is 28.7. The van der Waals surface area contributed by atoms with Crippen LogP contribution in [0.1, 0.15) is 86.0 Å². The molecule has 3 heterocycles. The summed E-state index contributed by atoms with van der Waals surface area (Å²) in [5.41, 5.74) is 2.42. The van der Waals surface area contributed by atoms with Gasteiger partial charge in [-0.3, -0.25) is 33.7 Å². The number of rotatable bonds is 19. The van der Waals surface area contributed by atoms with Crippen molar-refractivity contribution in [2.24, 2.45) is 5.92 Å².